The van der Waals surface area contributed by atoms with Crippen LogP contribution in [0, 0.1) is 0 Å². The molecule has 0 saturated heterocycles. The minimum atomic E-state index is -0.280. The fraction of sp³-hybridized carbons (Fsp3) is 0.500. The number of rotatable bonds is 5. The molecule has 0 aliphatic rings. The first-order valence-corrected chi connectivity index (χ1v) is 5.70. The standard InChI is InChI=1S/C10H14N6O2/c1-3-15(7-10(17)18-4-2)9-6-5-8-11-13-14-16(8)12-9/h5-6H,3-4,7H2,1-2H3. The summed E-state index contributed by atoms with van der Waals surface area (Å²) in [4.78, 5) is 13.3. The lowest BCUT2D eigenvalue weighted by Gasteiger charge is -2.19. The molecule has 2 aromatic heterocycles. The minimum absolute atomic E-state index is 0.158. The maximum Gasteiger partial charge on any atom is 0.325 e. The molecule has 2 rings (SSSR count). The van der Waals surface area contributed by atoms with E-state index in [0.717, 1.165) is 0 Å². The molecule has 0 unspecified atom stereocenters. The van der Waals surface area contributed by atoms with E-state index in [-0.39, 0.29) is 12.5 Å². The van der Waals surface area contributed by atoms with Crippen molar-refractivity contribution >= 4 is 17.4 Å². The number of nitrogens with zero attached hydrogens (tertiary/aromatic N) is 6. The predicted octanol–water partition coefficient (Wildman–Crippen LogP) is -0.0913. The smallest absolute Gasteiger partial charge is 0.325 e. The van der Waals surface area contributed by atoms with Crippen LogP contribution in [-0.4, -0.2) is 50.9 Å². The van der Waals surface area contributed by atoms with Crippen molar-refractivity contribution in [2.24, 2.45) is 0 Å². The second-order valence-corrected chi connectivity index (χ2v) is 3.54. The summed E-state index contributed by atoms with van der Waals surface area (Å²) in [6.07, 6.45) is 0. The average Bonchev–Trinajstić information content (AvgIpc) is 2.83. The van der Waals surface area contributed by atoms with Crippen LogP contribution in [0.2, 0.25) is 0 Å². The van der Waals surface area contributed by atoms with Gasteiger partial charge in [-0.3, -0.25) is 4.79 Å². The average molecular weight is 250 g/mol. The van der Waals surface area contributed by atoms with Crippen LogP contribution in [0.25, 0.3) is 5.65 Å². The quantitative estimate of drug-likeness (QED) is 0.685. The summed E-state index contributed by atoms with van der Waals surface area (Å²) in [6.45, 7) is 4.88. The van der Waals surface area contributed by atoms with E-state index in [0.29, 0.717) is 24.6 Å². The van der Waals surface area contributed by atoms with Gasteiger partial charge in [0.25, 0.3) is 0 Å². The summed E-state index contributed by atoms with van der Waals surface area (Å²) in [6, 6.07) is 3.52. The number of esters is 1. The zero-order valence-electron chi connectivity index (χ0n) is 10.3. The molecule has 0 amide bonds. The Morgan fingerprint density at radius 2 is 2.28 bits per heavy atom. The Balaban J connectivity index is 2.18. The van der Waals surface area contributed by atoms with Crippen LogP contribution >= 0.6 is 0 Å². The Morgan fingerprint density at radius 1 is 1.44 bits per heavy atom. The second kappa shape index (κ2) is 5.39. The van der Waals surface area contributed by atoms with Gasteiger partial charge in [-0.25, -0.2) is 0 Å². The highest BCUT2D eigenvalue weighted by atomic mass is 16.5. The van der Waals surface area contributed by atoms with Gasteiger partial charge in [-0.1, -0.05) is 0 Å². The third kappa shape index (κ3) is 2.53. The number of likely N-dealkylation sites (N-methyl/N-ethyl adjacent to an activating group) is 1. The molecule has 2 aromatic rings. The zero-order valence-corrected chi connectivity index (χ0v) is 10.3. The SMILES string of the molecule is CCOC(=O)CN(CC)c1ccc2nnnn2n1. The van der Waals surface area contributed by atoms with Crippen LogP contribution in [0.1, 0.15) is 13.8 Å². The fourth-order valence-corrected chi connectivity index (χ4v) is 1.53. The molecule has 0 aliphatic heterocycles. The summed E-state index contributed by atoms with van der Waals surface area (Å²) in [5, 5.41) is 15.2. The van der Waals surface area contributed by atoms with E-state index in [9.17, 15) is 4.79 Å². The van der Waals surface area contributed by atoms with Crippen LogP contribution in [-0.2, 0) is 9.53 Å². The number of carbonyl (C=O) groups excluding carboxylic acids is 1. The first-order valence-electron chi connectivity index (χ1n) is 5.70. The van der Waals surface area contributed by atoms with Crippen LogP contribution in [0.4, 0.5) is 5.82 Å². The molecule has 2 heterocycles. The largest absolute Gasteiger partial charge is 0.465 e. The highest BCUT2D eigenvalue weighted by Gasteiger charge is 2.13. The Bertz CT molecular complexity index is 540. The molecule has 0 aliphatic carbocycles. The molecule has 0 saturated carbocycles. The number of hydrogen-bond donors (Lipinski definition) is 0. The Labute approximate surface area is 104 Å². The van der Waals surface area contributed by atoms with Gasteiger partial charge >= 0.3 is 5.97 Å². The van der Waals surface area contributed by atoms with Crippen molar-refractivity contribution in [1.82, 2.24) is 25.3 Å². The number of carbonyl (C=O) groups is 1. The third-order valence-electron chi connectivity index (χ3n) is 2.39. The minimum Gasteiger partial charge on any atom is -0.465 e. The molecule has 0 bridgehead atoms. The summed E-state index contributed by atoms with van der Waals surface area (Å²) in [5.41, 5.74) is 0.561. The van der Waals surface area contributed by atoms with Crippen molar-refractivity contribution in [3.8, 4) is 0 Å². The molecule has 0 spiro atoms. The van der Waals surface area contributed by atoms with Gasteiger partial charge in [0, 0.05) is 6.54 Å². The first-order chi connectivity index (χ1) is 8.74. The van der Waals surface area contributed by atoms with E-state index >= 15 is 0 Å². The van der Waals surface area contributed by atoms with Crippen molar-refractivity contribution in [2.75, 3.05) is 24.6 Å². The van der Waals surface area contributed by atoms with Crippen molar-refractivity contribution in [2.45, 2.75) is 13.8 Å². The van der Waals surface area contributed by atoms with Gasteiger partial charge in [-0.05, 0) is 36.4 Å². The van der Waals surface area contributed by atoms with E-state index in [1.54, 1.807) is 24.0 Å². The Kier molecular flexibility index (Phi) is 3.66. The van der Waals surface area contributed by atoms with Crippen LogP contribution < -0.4 is 4.90 Å². The molecule has 18 heavy (non-hydrogen) atoms. The normalized spacial score (nSPS) is 10.6. The second-order valence-electron chi connectivity index (χ2n) is 3.54. The molecular formula is C10H14N6O2. The van der Waals surface area contributed by atoms with Gasteiger partial charge in [-0.15, -0.1) is 14.8 Å². The van der Waals surface area contributed by atoms with Crippen molar-refractivity contribution in [1.29, 1.82) is 0 Å². The summed E-state index contributed by atoms with van der Waals surface area (Å²) in [5.74, 6) is 0.350. The number of fused-ring (bicyclic) bond motifs is 1. The zero-order chi connectivity index (χ0) is 13.0. The van der Waals surface area contributed by atoms with Crippen LogP contribution in [0.15, 0.2) is 12.1 Å². The number of hydrogen-bond acceptors (Lipinski definition) is 7. The van der Waals surface area contributed by atoms with E-state index in [1.807, 2.05) is 6.92 Å². The number of ether oxygens (including phenoxy) is 1. The monoisotopic (exact) mass is 250 g/mol. The number of tetrazole rings is 1. The maximum atomic E-state index is 11.5. The van der Waals surface area contributed by atoms with Crippen LogP contribution in [0.3, 0.4) is 0 Å². The van der Waals surface area contributed by atoms with E-state index < -0.39 is 0 Å². The summed E-state index contributed by atoms with van der Waals surface area (Å²) < 4.78 is 6.24. The lowest BCUT2D eigenvalue weighted by Crippen LogP contribution is -2.31. The summed E-state index contributed by atoms with van der Waals surface area (Å²) in [7, 11) is 0. The van der Waals surface area contributed by atoms with Gasteiger partial charge in [0.2, 0.25) is 0 Å². The van der Waals surface area contributed by atoms with Crippen molar-refractivity contribution in [3.05, 3.63) is 12.1 Å². The highest BCUT2D eigenvalue weighted by Crippen LogP contribution is 2.10. The summed E-state index contributed by atoms with van der Waals surface area (Å²) >= 11 is 0. The van der Waals surface area contributed by atoms with Crippen molar-refractivity contribution < 1.29 is 9.53 Å². The van der Waals surface area contributed by atoms with E-state index in [4.69, 9.17) is 4.74 Å². The molecule has 96 valence electrons. The lowest BCUT2D eigenvalue weighted by molar-refractivity contribution is -0.141. The van der Waals surface area contributed by atoms with Crippen molar-refractivity contribution in [3.63, 3.8) is 0 Å². The van der Waals surface area contributed by atoms with Crippen LogP contribution in [0.5, 0.6) is 0 Å². The van der Waals surface area contributed by atoms with E-state index in [1.165, 1.54) is 4.63 Å². The molecule has 0 N–H and O–H groups in total. The van der Waals surface area contributed by atoms with E-state index in [2.05, 4.69) is 20.6 Å². The lowest BCUT2D eigenvalue weighted by atomic mass is 10.4. The number of aromatic nitrogens is 5. The Morgan fingerprint density at radius 3 is 3.00 bits per heavy atom. The van der Waals surface area contributed by atoms with Gasteiger partial charge in [0.1, 0.15) is 6.54 Å². The first kappa shape index (κ1) is 12.2. The van der Waals surface area contributed by atoms with Gasteiger partial charge in [-0.2, -0.15) is 0 Å². The number of anilines is 1. The molecule has 8 heteroatoms. The fourth-order valence-electron chi connectivity index (χ4n) is 1.53. The molecule has 0 fully saturated rings. The third-order valence-corrected chi connectivity index (χ3v) is 2.39. The molecule has 0 radical (unpaired) electrons. The Hall–Kier alpha value is -2.25. The van der Waals surface area contributed by atoms with Gasteiger partial charge < -0.3 is 9.64 Å². The van der Waals surface area contributed by atoms with Gasteiger partial charge in [0.15, 0.2) is 11.5 Å². The highest BCUT2D eigenvalue weighted by molar-refractivity contribution is 5.75. The predicted molar refractivity (Wildman–Crippen MR) is 63.1 cm³/mol. The van der Waals surface area contributed by atoms with Gasteiger partial charge in [0.05, 0.1) is 6.61 Å². The molecule has 0 aromatic carbocycles. The molecule has 8 nitrogen and oxygen atoms in total. The maximum absolute atomic E-state index is 11.5. The topological polar surface area (TPSA) is 85.5 Å². The molecular weight excluding hydrogens is 236 g/mol. The molecule has 0 atom stereocenters.